The van der Waals surface area contributed by atoms with Gasteiger partial charge in [0, 0.05) is 20.6 Å². The summed E-state index contributed by atoms with van der Waals surface area (Å²) in [6.07, 6.45) is 3.75. The van der Waals surface area contributed by atoms with Gasteiger partial charge in [0.1, 0.15) is 4.90 Å². The number of hydrogen-bond acceptors (Lipinski definition) is 3. The molecule has 0 aromatic heterocycles. The van der Waals surface area contributed by atoms with Crippen LogP contribution in [0.3, 0.4) is 0 Å². The second-order valence-electron chi connectivity index (χ2n) is 5.95. The fraction of sp³-hybridized carbons (Fsp3) is 0.600. The van der Waals surface area contributed by atoms with Gasteiger partial charge >= 0.3 is 0 Å². The predicted octanol–water partition coefficient (Wildman–Crippen LogP) is 2.79. The summed E-state index contributed by atoms with van der Waals surface area (Å²) in [4.78, 5) is 0.357. The van der Waals surface area contributed by atoms with Gasteiger partial charge in [-0.25, -0.2) is 12.7 Å². The number of nitrogens with one attached hydrogen (secondary N) is 1. The predicted molar refractivity (Wildman–Crippen MR) is 82.3 cm³/mol. The van der Waals surface area contributed by atoms with Gasteiger partial charge in [-0.1, -0.05) is 25.5 Å². The Morgan fingerprint density at radius 1 is 1.25 bits per heavy atom. The largest absolute Gasteiger partial charge is 0.384 e. The molecule has 1 aromatic carbocycles. The van der Waals surface area contributed by atoms with Crippen molar-refractivity contribution in [1.82, 2.24) is 4.31 Å². The molecule has 0 amide bonds. The van der Waals surface area contributed by atoms with Crippen LogP contribution in [0.25, 0.3) is 0 Å². The molecular weight excluding hydrogens is 272 g/mol. The first-order valence-electron chi connectivity index (χ1n) is 7.16. The van der Waals surface area contributed by atoms with E-state index in [2.05, 4.69) is 12.2 Å². The number of anilines is 1. The van der Waals surface area contributed by atoms with Crippen LogP contribution in [0.2, 0.25) is 0 Å². The molecule has 0 aliphatic heterocycles. The van der Waals surface area contributed by atoms with E-state index in [1.807, 2.05) is 12.1 Å². The van der Waals surface area contributed by atoms with Crippen LogP contribution in [0, 0.1) is 11.8 Å². The molecule has 2 rings (SSSR count). The molecule has 0 bridgehead atoms. The third kappa shape index (κ3) is 3.33. The second kappa shape index (κ2) is 6.14. The highest BCUT2D eigenvalue weighted by molar-refractivity contribution is 7.89. The van der Waals surface area contributed by atoms with E-state index >= 15 is 0 Å². The molecule has 1 aliphatic rings. The van der Waals surface area contributed by atoms with Gasteiger partial charge < -0.3 is 5.32 Å². The molecule has 0 heterocycles. The van der Waals surface area contributed by atoms with Gasteiger partial charge in [0.15, 0.2) is 0 Å². The zero-order chi connectivity index (χ0) is 14.8. The summed E-state index contributed by atoms with van der Waals surface area (Å²) in [5, 5.41) is 3.33. The summed E-state index contributed by atoms with van der Waals surface area (Å²) < 4.78 is 25.8. The average Bonchev–Trinajstić information content (AvgIpc) is 2.82. The third-order valence-corrected chi connectivity index (χ3v) is 5.90. The van der Waals surface area contributed by atoms with E-state index in [0.29, 0.717) is 16.5 Å². The minimum absolute atomic E-state index is 0.357. The van der Waals surface area contributed by atoms with Crippen molar-refractivity contribution >= 4 is 15.7 Å². The molecule has 0 spiro atoms. The Morgan fingerprint density at radius 3 is 2.55 bits per heavy atom. The SMILES string of the molecule is CC1CCC(CNc2ccccc2S(=O)(=O)N(C)C)C1. The zero-order valence-electron chi connectivity index (χ0n) is 12.5. The van der Waals surface area contributed by atoms with Crippen LogP contribution in [-0.2, 0) is 10.0 Å². The van der Waals surface area contributed by atoms with E-state index in [4.69, 9.17) is 0 Å². The van der Waals surface area contributed by atoms with Gasteiger partial charge in [0.2, 0.25) is 10.0 Å². The summed E-state index contributed by atoms with van der Waals surface area (Å²) in [5.74, 6) is 1.45. The highest BCUT2D eigenvalue weighted by Crippen LogP contribution is 2.31. The van der Waals surface area contributed by atoms with Gasteiger partial charge in [0.25, 0.3) is 0 Å². The molecular formula is C15H24N2O2S. The summed E-state index contributed by atoms with van der Waals surface area (Å²) >= 11 is 0. The summed E-state index contributed by atoms with van der Waals surface area (Å²) in [6, 6.07) is 7.14. The van der Waals surface area contributed by atoms with Crippen molar-refractivity contribution in [3.63, 3.8) is 0 Å². The monoisotopic (exact) mass is 296 g/mol. The molecule has 20 heavy (non-hydrogen) atoms. The topological polar surface area (TPSA) is 49.4 Å². The van der Waals surface area contributed by atoms with Crippen molar-refractivity contribution in [3.05, 3.63) is 24.3 Å². The summed E-state index contributed by atoms with van der Waals surface area (Å²) in [5.41, 5.74) is 0.709. The lowest BCUT2D eigenvalue weighted by molar-refractivity contribution is 0.520. The van der Waals surface area contributed by atoms with Gasteiger partial charge in [-0.05, 0) is 36.8 Å². The number of nitrogens with zero attached hydrogens (tertiary/aromatic N) is 1. The van der Waals surface area contributed by atoms with E-state index in [-0.39, 0.29) is 0 Å². The number of para-hydroxylation sites is 1. The fourth-order valence-corrected chi connectivity index (χ4v) is 3.86. The van der Waals surface area contributed by atoms with Crippen molar-refractivity contribution in [2.75, 3.05) is 26.0 Å². The highest BCUT2D eigenvalue weighted by Gasteiger charge is 2.23. The molecule has 1 fully saturated rings. The smallest absolute Gasteiger partial charge is 0.244 e. The lowest BCUT2D eigenvalue weighted by atomic mass is 10.1. The van der Waals surface area contributed by atoms with E-state index < -0.39 is 10.0 Å². The molecule has 2 atom stereocenters. The van der Waals surface area contributed by atoms with Crippen LogP contribution in [0.15, 0.2) is 29.2 Å². The van der Waals surface area contributed by atoms with Crippen molar-refractivity contribution in [2.24, 2.45) is 11.8 Å². The molecule has 0 saturated heterocycles. The Balaban J connectivity index is 2.13. The van der Waals surface area contributed by atoms with Gasteiger partial charge in [0.05, 0.1) is 5.69 Å². The lowest BCUT2D eigenvalue weighted by Crippen LogP contribution is -2.24. The van der Waals surface area contributed by atoms with Crippen LogP contribution in [0.1, 0.15) is 26.2 Å². The lowest BCUT2D eigenvalue weighted by Gasteiger charge is -2.18. The maximum absolute atomic E-state index is 12.3. The van der Waals surface area contributed by atoms with Crippen molar-refractivity contribution in [1.29, 1.82) is 0 Å². The summed E-state index contributed by atoms with van der Waals surface area (Å²) in [7, 11) is -0.273. The minimum atomic E-state index is -3.39. The molecule has 1 N–H and O–H groups in total. The number of hydrogen-bond donors (Lipinski definition) is 1. The third-order valence-electron chi connectivity index (χ3n) is 4.03. The quantitative estimate of drug-likeness (QED) is 0.909. The standard InChI is InChI=1S/C15H24N2O2S/c1-12-8-9-13(10-12)11-16-14-6-4-5-7-15(14)20(18,19)17(2)3/h4-7,12-13,16H,8-11H2,1-3H3. The Bertz CT molecular complexity index is 555. The van der Waals surface area contributed by atoms with Gasteiger partial charge in [-0.3, -0.25) is 0 Å². The maximum atomic E-state index is 12.3. The Labute approximate surface area is 122 Å². The normalized spacial score (nSPS) is 23.2. The molecule has 0 radical (unpaired) electrons. The first kappa shape index (κ1) is 15.3. The van der Waals surface area contributed by atoms with Crippen molar-refractivity contribution in [3.8, 4) is 0 Å². The van der Waals surface area contributed by atoms with E-state index in [1.165, 1.54) is 23.6 Å². The van der Waals surface area contributed by atoms with Crippen LogP contribution in [0.4, 0.5) is 5.69 Å². The Hall–Kier alpha value is -1.07. The van der Waals surface area contributed by atoms with E-state index in [9.17, 15) is 8.42 Å². The first-order chi connectivity index (χ1) is 9.41. The molecule has 112 valence electrons. The van der Waals surface area contributed by atoms with Gasteiger partial charge in [-0.2, -0.15) is 0 Å². The first-order valence-corrected chi connectivity index (χ1v) is 8.60. The summed E-state index contributed by atoms with van der Waals surface area (Å²) in [6.45, 7) is 3.13. The van der Waals surface area contributed by atoms with Crippen molar-refractivity contribution in [2.45, 2.75) is 31.1 Å². The molecule has 1 aliphatic carbocycles. The van der Waals surface area contributed by atoms with Crippen molar-refractivity contribution < 1.29 is 8.42 Å². The molecule has 4 nitrogen and oxygen atoms in total. The van der Waals surface area contributed by atoms with Crippen LogP contribution in [-0.4, -0.2) is 33.4 Å². The number of benzene rings is 1. The fourth-order valence-electron chi connectivity index (χ4n) is 2.80. The minimum Gasteiger partial charge on any atom is -0.384 e. The highest BCUT2D eigenvalue weighted by atomic mass is 32.2. The van der Waals surface area contributed by atoms with Crippen LogP contribution in [0.5, 0.6) is 0 Å². The van der Waals surface area contributed by atoms with E-state index in [0.717, 1.165) is 12.5 Å². The van der Waals surface area contributed by atoms with E-state index in [1.54, 1.807) is 26.2 Å². The molecule has 5 heteroatoms. The van der Waals surface area contributed by atoms with Crippen LogP contribution < -0.4 is 5.32 Å². The molecule has 1 aromatic rings. The van der Waals surface area contributed by atoms with Crippen LogP contribution >= 0.6 is 0 Å². The van der Waals surface area contributed by atoms with Gasteiger partial charge in [-0.15, -0.1) is 0 Å². The number of rotatable bonds is 5. The Morgan fingerprint density at radius 2 is 1.95 bits per heavy atom. The zero-order valence-corrected chi connectivity index (χ0v) is 13.3. The maximum Gasteiger partial charge on any atom is 0.244 e. The number of sulfonamides is 1. The molecule has 1 saturated carbocycles. The molecule has 2 unspecified atom stereocenters. The second-order valence-corrected chi connectivity index (χ2v) is 8.07. The Kier molecular flexibility index (Phi) is 4.70. The average molecular weight is 296 g/mol.